The van der Waals surface area contributed by atoms with Crippen LogP contribution < -0.4 is 11.1 Å². The summed E-state index contributed by atoms with van der Waals surface area (Å²) in [7, 11) is 0. The smallest absolute Gasteiger partial charge is 0.275 e. The van der Waals surface area contributed by atoms with Crippen LogP contribution in [0.25, 0.3) is 0 Å². The van der Waals surface area contributed by atoms with Gasteiger partial charge in [-0.2, -0.15) is 11.8 Å². The molecule has 1 aromatic heterocycles. The van der Waals surface area contributed by atoms with E-state index < -0.39 is 0 Å². The molecule has 1 fully saturated rings. The van der Waals surface area contributed by atoms with Gasteiger partial charge in [-0.15, -0.1) is 11.3 Å². The van der Waals surface area contributed by atoms with Crippen LogP contribution in [0.4, 0.5) is 5.69 Å². The van der Waals surface area contributed by atoms with Crippen molar-refractivity contribution in [3.05, 3.63) is 45.9 Å². The Kier molecular flexibility index (Phi) is 6.86. The maximum Gasteiger partial charge on any atom is 0.275 e. The zero-order chi connectivity index (χ0) is 17.5. The summed E-state index contributed by atoms with van der Waals surface area (Å²) in [6.45, 7) is 4.04. The number of carbonyl (C=O) groups is 1. The standard InChI is InChI=1S/C18H24N4OS2/c19-7-5-17-21-16(13-25-17)18(23)20-15-3-1-14(2-4-15)6-8-22-9-11-24-12-10-22/h1-4,13H,5-12,19H2,(H,20,23). The summed E-state index contributed by atoms with van der Waals surface area (Å²) in [5, 5.41) is 5.59. The quantitative estimate of drug-likeness (QED) is 0.777. The normalized spacial score (nSPS) is 15.2. The van der Waals surface area contributed by atoms with Crippen molar-refractivity contribution in [3.8, 4) is 0 Å². The van der Waals surface area contributed by atoms with Gasteiger partial charge in [0, 0.05) is 48.6 Å². The first-order chi connectivity index (χ1) is 12.2. The summed E-state index contributed by atoms with van der Waals surface area (Å²) < 4.78 is 0. The maximum absolute atomic E-state index is 12.2. The maximum atomic E-state index is 12.2. The van der Waals surface area contributed by atoms with E-state index in [0.717, 1.165) is 23.7 Å². The lowest BCUT2D eigenvalue weighted by atomic mass is 10.1. The van der Waals surface area contributed by atoms with Crippen molar-refractivity contribution >= 4 is 34.7 Å². The number of nitrogens with one attached hydrogen (secondary N) is 1. The van der Waals surface area contributed by atoms with Crippen molar-refractivity contribution in [3.63, 3.8) is 0 Å². The number of hydrogen-bond acceptors (Lipinski definition) is 6. The van der Waals surface area contributed by atoms with Gasteiger partial charge in [-0.1, -0.05) is 12.1 Å². The highest BCUT2D eigenvalue weighted by Gasteiger charge is 2.12. The average molecular weight is 377 g/mol. The van der Waals surface area contributed by atoms with Crippen LogP contribution in [0, 0.1) is 0 Å². The number of thioether (sulfide) groups is 1. The van der Waals surface area contributed by atoms with Crippen LogP contribution >= 0.6 is 23.1 Å². The van der Waals surface area contributed by atoms with Crippen LogP contribution in [0.5, 0.6) is 0 Å². The minimum Gasteiger partial charge on any atom is -0.330 e. The highest BCUT2D eigenvalue weighted by atomic mass is 32.2. The Balaban J connectivity index is 1.50. The Morgan fingerprint density at radius 3 is 2.68 bits per heavy atom. The van der Waals surface area contributed by atoms with E-state index in [1.807, 2.05) is 23.9 Å². The lowest BCUT2D eigenvalue weighted by Crippen LogP contribution is -2.34. The monoisotopic (exact) mass is 376 g/mol. The van der Waals surface area contributed by atoms with Crippen molar-refractivity contribution in [2.75, 3.05) is 43.0 Å². The first-order valence-electron chi connectivity index (χ1n) is 8.59. The van der Waals surface area contributed by atoms with Crippen LogP contribution in [0.3, 0.4) is 0 Å². The molecule has 3 rings (SSSR count). The number of benzene rings is 1. The molecule has 7 heteroatoms. The fourth-order valence-electron chi connectivity index (χ4n) is 2.72. The predicted octanol–water partition coefficient (Wildman–Crippen LogP) is 2.49. The van der Waals surface area contributed by atoms with Gasteiger partial charge in [0.2, 0.25) is 0 Å². The molecule has 0 saturated carbocycles. The second-order valence-electron chi connectivity index (χ2n) is 6.02. The van der Waals surface area contributed by atoms with E-state index in [0.29, 0.717) is 18.7 Å². The number of hydrogen-bond donors (Lipinski definition) is 2. The van der Waals surface area contributed by atoms with E-state index in [1.54, 1.807) is 5.38 Å². The van der Waals surface area contributed by atoms with Crippen molar-refractivity contribution in [1.82, 2.24) is 9.88 Å². The summed E-state index contributed by atoms with van der Waals surface area (Å²) in [6.07, 6.45) is 1.76. The highest BCUT2D eigenvalue weighted by Crippen LogP contribution is 2.15. The number of amides is 1. The molecule has 1 aliphatic heterocycles. The molecule has 3 N–H and O–H groups in total. The van der Waals surface area contributed by atoms with Crippen LogP contribution in [-0.4, -0.2) is 53.5 Å². The molecule has 2 aromatic rings. The van der Waals surface area contributed by atoms with E-state index in [-0.39, 0.29) is 5.91 Å². The van der Waals surface area contributed by atoms with Crippen molar-refractivity contribution in [2.24, 2.45) is 5.73 Å². The fourth-order valence-corrected chi connectivity index (χ4v) is 4.49. The molecule has 25 heavy (non-hydrogen) atoms. The number of anilines is 1. The molecule has 2 heterocycles. The van der Waals surface area contributed by atoms with E-state index >= 15 is 0 Å². The third-order valence-electron chi connectivity index (χ3n) is 4.17. The van der Waals surface area contributed by atoms with Gasteiger partial charge in [-0.3, -0.25) is 4.79 Å². The Labute approximate surface area is 157 Å². The van der Waals surface area contributed by atoms with Gasteiger partial charge in [-0.05, 0) is 30.7 Å². The molecule has 1 aliphatic rings. The number of carbonyl (C=O) groups excluding carboxylic acids is 1. The number of nitrogens with zero attached hydrogens (tertiary/aromatic N) is 2. The molecule has 0 radical (unpaired) electrons. The van der Waals surface area contributed by atoms with Crippen molar-refractivity contribution in [1.29, 1.82) is 0 Å². The molecule has 134 valence electrons. The van der Waals surface area contributed by atoms with Gasteiger partial charge in [0.15, 0.2) is 0 Å². The third kappa shape index (κ3) is 5.54. The average Bonchev–Trinajstić information content (AvgIpc) is 3.11. The van der Waals surface area contributed by atoms with E-state index in [4.69, 9.17) is 5.73 Å². The van der Waals surface area contributed by atoms with Crippen LogP contribution in [-0.2, 0) is 12.8 Å². The van der Waals surface area contributed by atoms with Crippen LogP contribution in [0.2, 0.25) is 0 Å². The molecular formula is C18H24N4OS2. The van der Waals surface area contributed by atoms with Crippen molar-refractivity contribution < 1.29 is 4.79 Å². The summed E-state index contributed by atoms with van der Waals surface area (Å²) in [5.74, 6) is 2.32. The fraction of sp³-hybridized carbons (Fsp3) is 0.444. The molecule has 1 amide bonds. The van der Waals surface area contributed by atoms with Gasteiger partial charge in [0.05, 0.1) is 5.01 Å². The zero-order valence-corrected chi connectivity index (χ0v) is 15.9. The van der Waals surface area contributed by atoms with E-state index in [1.165, 1.54) is 41.5 Å². The van der Waals surface area contributed by atoms with Crippen LogP contribution in [0.15, 0.2) is 29.6 Å². The summed E-state index contributed by atoms with van der Waals surface area (Å²) >= 11 is 3.52. The Morgan fingerprint density at radius 1 is 1.20 bits per heavy atom. The second-order valence-corrected chi connectivity index (χ2v) is 8.19. The lowest BCUT2D eigenvalue weighted by Gasteiger charge is -2.26. The van der Waals surface area contributed by atoms with Gasteiger partial charge in [-0.25, -0.2) is 4.98 Å². The first kappa shape index (κ1) is 18.4. The molecule has 0 bridgehead atoms. The molecule has 0 atom stereocenters. The Morgan fingerprint density at radius 2 is 1.96 bits per heavy atom. The van der Waals surface area contributed by atoms with Crippen LogP contribution in [0.1, 0.15) is 21.1 Å². The number of rotatable bonds is 7. The Hall–Kier alpha value is -1.41. The molecule has 0 spiro atoms. The summed E-state index contributed by atoms with van der Waals surface area (Å²) in [5.41, 5.74) is 8.08. The Bertz CT molecular complexity index is 681. The summed E-state index contributed by atoms with van der Waals surface area (Å²) in [6, 6.07) is 8.11. The van der Waals surface area contributed by atoms with Gasteiger partial charge in [0.25, 0.3) is 5.91 Å². The molecular weight excluding hydrogens is 352 g/mol. The summed E-state index contributed by atoms with van der Waals surface area (Å²) in [4.78, 5) is 19.1. The second kappa shape index (κ2) is 9.33. The van der Waals surface area contributed by atoms with Crippen molar-refractivity contribution in [2.45, 2.75) is 12.8 Å². The molecule has 1 aromatic carbocycles. The zero-order valence-electron chi connectivity index (χ0n) is 14.2. The lowest BCUT2D eigenvalue weighted by molar-refractivity contribution is 0.102. The minimum atomic E-state index is -0.168. The molecule has 1 saturated heterocycles. The van der Waals surface area contributed by atoms with E-state index in [2.05, 4.69) is 27.3 Å². The first-order valence-corrected chi connectivity index (χ1v) is 10.6. The third-order valence-corrected chi connectivity index (χ3v) is 6.03. The molecule has 0 aliphatic carbocycles. The molecule has 0 unspecified atom stereocenters. The number of aromatic nitrogens is 1. The van der Waals surface area contributed by atoms with Gasteiger partial charge >= 0.3 is 0 Å². The number of thiazole rings is 1. The van der Waals surface area contributed by atoms with E-state index in [9.17, 15) is 4.79 Å². The number of nitrogens with two attached hydrogens (primary N) is 1. The van der Waals surface area contributed by atoms with Gasteiger partial charge < -0.3 is 16.0 Å². The SMILES string of the molecule is NCCc1nc(C(=O)Nc2ccc(CCN3CCSCC3)cc2)cs1. The highest BCUT2D eigenvalue weighted by molar-refractivity contribution is 7.99. The minimum absolute atomic E-state index is 0.168. The topological polar surface area (TPSA) is 71.2 Å². The molecule has 5 nitrogen and oxygen atoms in total. The largest absolute Gasteiger partial charge is 0.330 e. The van der Waals surface area contributed by atoms with Gasteiger partial charge in [0.1, 0.15) is 5.69 Å². The predicted molar refractivity (Wildman–Crippen MR) is 107 cm³/mol.